The van der Waals surface area contributed by atoms with Gasteiger partial charge in [0.25, 0.3) is 0 Å². The number of nitrogens with zero attached hydrogens (tertiary/aromatic N) is 1. The molecule has 1 heterocycles. The molecule has 2 rings (SSSR count). The Balaban J connectivity index is 2.12. The predicted octanol–water partition coefficient (Wildman–Crippen LogP) is 5.22. The van der Waals surface area contributed by atoms with E-state index < -0.39 is 0 Å². The molecule has 0 aliphatic carbocycles. The van der Waals surface area contributed by atoms with E-state index in [4.69, 9.17) is 27.9 Å². The van der Waals surface area contributed by atoms with Crippen LogP contribution in [0, 0.1) is 0 Å². The van der Waals surface area contributed by atoms with Gasteiger partial charge in [0, 0.05) is 12.1 Å². The number of ether oxygens (including phenoxy) is 1. The Hall–Kier alpha value is -1.25. The maximum absolute atomic E-state index is 6.09. The number of hydrogen-bond donors (Lipinski definition) is 0. The van der Waals surface area contributed by atoms with Crippen LogP contribution in [0.3, 0.4) is 0 Å². The number of hydrogen-bond acceptors (Lipinski definition) is 2. The lowest BCUT2D eigenvalue weighted by Crippen LogP contribution is -1.91. The van der Waals surface area contributed by atoms with Crippen LogP contribution in [0.5, 0.6) is 11.6 Å². The highest BCUT2D eigenvalue weighted by Gasteiger charge is 2.06. The second-order valence-electron chi connectivity index (χ2n) is 4.26. The number of halogens is 2. The van der Waals surface area contributed by atoms with Gasteiger partial charge in [-0.25, -0.2) is 4.98 Å². The van der Waals surface area contributed by atoms with Crippen LogP contribution in [0.2, 0.25) is 5.02 Å². The van der Waals surface area contributed by atoms with Gasteiger partial charge in [0.15, 0.2) is 0 Å². The van der Waals surface area contributed by atoms with Crippen LogP contribution < -0.4 is 4.74 Å². The molecule has 4 heteroatoms. The lowest BCUT2D eigenvalue weighted by molar-refractivity contribution is 0.462. The molecule has 0 aliphatic rings. The molecule has 0 saturated carbocycles. The highest BCUT2D eigenvalue weighted by Crippen LogP contribution is 2.28. The molecular formula is C15H15Cl2NO. The Morgan fingerprint density at radius 1 is 1.16 bits per heavy atom. The summed E-state index contributed by atoms with van der Waals surface area (Å²) in [4.78, 5) is 4.16. The van der Waals surface area contributed by atoms with Crippen molar-refractivity contribution in [2.75, 3.05) is 0 Å². The van der Waals surface area contributed by atoms with E-state index in [1.165, 1.54) is 5.56 Å². The van der Waals surface area contributed by atoms with Crippen molar-refractivity contribution in [3.8, 4) is 11.6 Å². The van der Waals surface area contributed by atoms with Crippen molar-refractivity contribution in [3.05, 3.63) is 52.7 Å². The Kier molecular flexibility index (Phi) is 5.06. The van der Waals surface area contributed by atoms with Gasteiger partial charge >= 0.3 is 0 Å². The first-order chi connectivity index (χ1) is 9.22. The van der Waals surface area contributed by atoms with E-state index in [1.807, 2.05) is 12.1 Å². The first-order valence-corrected chi connectivity index (χ1v) is 7.11. The van der Waals surface area contributed by atoms with Gasteiger partial charge in [0.05, 0.1) is 0 Å². The third-order valence-electron chi connectivity index (χ3n) is 2.69. The van der Waals surface area contributed by atoms with Gasteiger partial charge < -0.3 is 4.74 Å². The summed E-state index contributed by atoms with van der Waals surface area (Å²) >= 11 is 11.8. The number of pyridine rings is 1. The minimum absolute atomic E-state index is 0.388. The highest BCUT2D eigenvalue weighted by molar-refractivity contribution is 6.32. The Bertz CT molecular complexity index is 540. The second-order valence-corrected chi connectivity index (χ2v) is 4.93. The quantitative estimate of drug-likeness (QED) is 0.706. The average molecular weight is 296 g/mol. The number of rotatable bonds is 5. The maximum atomic E-state index is 6.09. The fourth-order valence-corrected chi connectivity index (χ4v) is 2.11. The van der Waals surface area contributed by atoms with E-state index in [9.17, 15) is 0 Å². The molecular weight excluding hydrogens is 281 g/mol. The molecule has 0 saturated heterocycles. The summed E-state index contributed by atoms with van der Waals surface area (Å²) in [6.07, 6.45) is 3.87. The summed E-state index contributed by atoms with van der Waals surface area (Å²) in [5, 5.41) is 0.468. The Morgan fingerprint density at radius 2 is 1.89 bits per heavy atom. The van der Waals surface area contributed by atoms with Crippen molar-refractivity contribution in [2.24, 2.45) is 0 Å². The predicted molar refractivity (Wildman–Crippen MR) is 79.3 cm³/mol. The molecule has 0 aliphatic heterocycles. The fraction of sp³-hybridized carbons (Fsp3) is 0.267. The third kappa shape index (κ3) is 3.85. The SMILES string of the molecule is CCCc1ccc(Oc2ncc(CCl)cc2Cl)cc1. The number of aryl methyl sites for hydroxylation is 1. The molecule has 0 unspecified atom stereocenters. The molecule has 0 fully saturated rings. The summed E-state index contributed by atoms with van der Waals surface area (Å²) < 4.78 is 5.66. The lowest BCUT2D eigenvalue weighted by atomic mass is 10.1. The zero-order valence-electron chi connectivity index (χ0n) is 10.7. The Morgan fingerprint density at radius 3 is 2.47 bits per heavy atom. The topological polar surface area (TPSA) is 22.1 Å². The van der Waals surface area contributed by atoms with Crippen LogP contribution in [-0.2, 0) is 12.3 Å². The van der Waals surface area contributed by atoms with Crippen LogP contribution >= 0.6 is 23.2 Å². The molecule has 0 bridgehead atoms. The first-order valence-electron chi connectivity index (χ1n) is 6.20. The fourth-order valence-electron chi connectivity index (χ4n) is 1.74. The van der Waals surface area contributed by atoms with Gasteiger partial charge in [0.1, 0.15) is 10.8 Å². The monoisotopic (exact) mass is 295 g/mol. The van der Waals surface area contributed by atoms with Gasteiger partial charge in [-0.15, -0.1) is 11.6 Å². The van der Waals surface area contributed by atoms with Crippen LogP contribution in [0.15, 0.2) is 36.5 Å². The van der Waals surface area contributed by atoms with Gasteiger partial charge in [-0.3, -0.25) is 0 Å². The highest BCUT2D eigenvalue weighted by atomic mass is 35.5. The molecule has 0 atom stereocenters. The van der Waals surface area contributed by atoms with Crippen LogP contribution in [-0.4, -0.2) is 4.98 Å². The van der Waals surface area contributed by atoms with E-state index in [0.717, 1.165) is 24.2 Å². The van der Waals surface area contributed by atoms with Gasteiger partial charge in [-0.05, 0) is 35.7 Å². The summed E-state index contributed by atoms with van der Waals surface area (Å²) in [5.41, 5.74) is 2.17. The summed E-state index contributed by atoms with van der Waals surface area (Å²) in [7, 11) is 0. The van der Waals surface area contributed by atoms with Gasteiger partial charge in [0.2, 0.25) is 5.88 Å². The van der Waals surface area contributed by atoms with E-state index in [1.54, 1.807) is 12.3 Å². The van der Waals surface area contributed by atoms with Gasteiger partial charge in [-0.1, -0.05) is 37.1 Å². The zero-order chi connectivity index (χ0) is 13.7. The normalized spacial score (nSPS) is 10.5. The second kappa shape index (κ2) is 6.78. The Labute approximate surface area is 123 Å². The van der Waals surface area contributed by atoms with Crippen molar-refractivity contribution in [3.63, 3.8) is 0 Å². The summed E-state index contributed by atoms with van der Waals surface area (Å²) in [6.45, 7) is 2.16. The molecule has 1 aromatic carbocycles. The van der Waals surface area contributed by atoms with E-state index in [-0.39, 0.29) is 0 Å². The van der Waals surface area contributed by atoms with Crippen molar-refractivity contribution in [1.29, 1.82) is 0 Å². The van der Waals surface area contributed by atoms with Crippen molar-refractivity contribution < 1.29 is 4.74 Å². The van der Waals surface area contributed by atoms with E-state index >= 15 is 0 Å². The molecule has 2 aromatic rings. The van der Waals surface area contributed by atoms with Crippen LogP contribution in [0.1, 0.15) is 24.5 Å². The number of benzene rings is 1. The van der Waals surface area contributed by atoms with Crippen LogP contribution in [0.4, 0.5) is 0 Å². The van der Waals surface area contributed by atoms with Crippen molar-refractivity contribution in [1.82, 2.24) is 4.98 Å². The zero-order valence-corrected chi connectivity index (χ0v) is 12.2. The van der Waals surface area contributed by atoms with E-state index in [0.29, 0.717) is 16.8 Å². The van der Waals surface area contributed by atoms with E-state index in [2.05, 4.69) is 24.0 Å². The first kappa shape index (κ1) is 14.2. The third-order valence-corrected chi connectivity index (χ3v) is 3.27. The molecule has 0 amide bonds. The largest absolute Gasteiger partial charge is 0.438 e. The number of aromatic nitrogens is 1. The molecule has 19 heavy (non-hydrogen) atoms. The van der Waals surface area contributed by atoms with Crippen molar-refractivity contribution >= 4 is 23.2 Å². The summed E-state index contributed by atoms with van der Waals surface area (Å²) in [6, 6.07) is 9.74. The maximum Gasteiger partial charge on any atom is 0.238 e. The minimum atomic E-state index is 0.388. The molecule has 0 radical (unpaired) electrons. The van der Waals surface area contributed by atoms with Crippen LogP contribution in [0.25, 0.3) is 0 Å². The molecule has 1 aromatic heterocycles. The minimum Gasteiger partial charge on any atom is -0.438 e. The van der Waals surface area contributed by atoms with Crippen molar-refractivity contribution in [2.45, 2.75) is 25.6 Å². The lowest BCUT2D eigenvalue weighted by Gasteiger charge is -2.08. The molecule has 100 valence electrons. The molecule has 2 nitrogen and oxygen atoms in total. The van der Waals surface area contributed by atoms with Gasteiger partial charge in [-0.2, -0.15) is 0 Å². The standard InChI is InChI=1S/C15H15Cl2NO/c1-2-3-11-4-6-13(7-5-11)19-15-14(17)8-12(9-16)10-18-15/h4-8,10H,2-3,9H2,1H3. The molecule has 0 N–H and O–H groups in total. The smallest absolute Gasteiger partial charge is 0.238 e. The summed E-state index contributed by atoms with van der Waals surface area (Å²) in [5.74, 6) is 1.52. The number of alkyl halides is 1. The molecule has 0 spiro atoms. The average Bonchev–Trinajstić information content (AvgIpc) is 2.43.